The minimum absolute atomic E-state index is 0.0158. The van der Waals surface area contributed by atoms with E-state index in [-0.39, 0.29) is 22.6 Å². The molecule has 0 heterocycles. The Morgan fingerprint density at radius 1 is 1.47 bits per heavy atom. The predicted octanol–water partition coefficient (Wildman–Crippen LogP) is 1.89. The van der Waals surface area contributed by atoms with Gasteiger partial charge in [0.15, 0.2) is 9.84 Å². The first-order valence-corrected chi connectivity index (χ1v) is 7.13. The number of rotatable bonds is 4. The summed E-state index contributed by atoms with van der Waals surface area (Å²) in [6, 6.07) is 6.23. The second kappa shape index (κ2) is 4.10. The van der Waals surface area contributed by atoms with E-state index < -0.39 is 14.8 Å². The molecule has 1 aliphatic carbocycles. The molecule has 1 aliphatic rings. The van der Waals surface area contributed by atoms with Gasteiger partial charge < -0.3 is 0 Å². The van der Waals surface area contributed by atoms with Crippen LogP contribution in [0.4, 0.5) is 5.69 Å². The Balaban J connectivity index is 2.22. The number of hydrogen-bond acceptors (Lipinski definition) is 4. The van der Waals surface area contributed by atoms with E-state index in [2.05, 4.69) is 0 Å². The zero-order valence-corrected chi connectivity index (χ0v) is 10.2. The summed E-state index contributed by atoms with van der Waals surface area (Å²) in [6.45, 7) is 1.62. The third-order valence-corrected chi connectivity index (χ3v) is 5.35. The highest BCUT2D eigenvalue weighted by atomic mass is 32.2. The van der Waals surface area contributed by atoms with Gasteiger partial charge in [-0.25, -0.2) is 8.42 Å². The molecule has 0 radical (unpaired) electrons. The molecule has 0 N–H and O–H groups in total. The molecule has 0 saturated heterocycles. The van der Waals surface area contributed by atoms with Gasteiger partial charge in [-0.3, -0.25) is 10.1 Å². The quantitative estimate of drug-likeness (QED) is 0.608. The second-order valence-corrected chi connectivity index (χ2v) is 6.69. The van der Waals surface area contributed by atoms with Gasteiger partial charge in [-0.1, -0.05) is 19.1 Å². The number of nitro benzene ring substituents is 1. The summed E-state index contributed by atoms with van der Waals surface area (Å²) < 4.78 is 23.3. The van der Waals surface area contributed by atoms with Crippen LogP contribution in [0.1, 0.15) is 24.8 Å². The predicted molar refractivity (Wildman–Crippen MR) is 63.7 cm³/mol. The van der Waals surface area contributed by atoms with Crippen molar-refractivity contribution in [1.82, 2.24) is 0 Å². The molecule has 1 aromatic carbocycles. The lowest BCUT2D eigenvalue weighted by Gasteiger charge is -2.01. The van der Waals surface area contributed by atoms with Gasteiger partial charge in [0.05, 0.1) is 10.2 Å². The molecule has 0 amide bonds. The Morgan fingerprint density at radius 3 is 2.76 bits per heavy atom. The molecular formula is C11H13NO4S. The van der Waals surface area contributed by atoms with Gasteiger partial charge >= 0.3 is 0 Å². The van der Waals surface area contributed by atoms with E-state index in [1.807, 2.05) is 0 Å². The highest BCUT2D eigenvalue weighted by molar-refractivity contribution is 7.92. The number of nitrogens with zero attached hydrogens (tertiary/aromatic N) is 1. The van der Waals surface area contributed by atoms with Gasteiger partial charge in [-0.05, 0) is 12.0 Å². The third kappa shape index (κ3) is 2.31. The van der Waals surface area contributed by atoms with Crippen molar-refractivity contribution in [2.75, 3.05) is 5.75 Å². The van der Waals surface area contributed by atoms with Crippen LogP contribution in [0.3, 0.4) is 0 Å². The van der Waals surface area contributed by atoms with Crippen molar-refractivity contribution >= 4 is 15.5 Å². The molecule has 6 heteroatoms. The average Bonchev–Trinajstić information content (AvgIpc) is 3.10. The van der Waals surface area contributed by atoms with Crippen molar-refractivity contribution in [3.05, 3.63) is 39.9 Å². The number of benzene rings is 1. The lowest BCUT2D eigenvalue weighted by atomic mass is 10.1. The molecule has 1 aromatic rings. The molecule has 1 saturated carbocycles. The van der Waals surface area contributed by atoms with Gasteiger partial charge in [0.1, 0.15) is 0 Å². The minimum atomic E-state index is -3.03. The molecule has 92 valence electrons. The first-order chi connectivity index (χ1) is 7.95. The van der Waals surface area contributed by atoms with Crippen LogP contribution in [0.15, 0.2) is 24.3 Å². The molecule has 0 unspecified atom stereocenters. The van der Waals surface area contributed by atoms with Crippen molar-refractivity contribution in [3.8, 4) is 0 Å². The van der Waals surface area contributed by atoms with Gasteiger partial charge in [0, 0.05) is 23.8 Å². The Kier molecular flexibility index (Phi) is 2.91. The fraction of sp³-hybridized carbons (Fsp3) is 0.455. The fourth-order valence-corrected chi connectivity index (χ4v) is 3.59. The summed E-state index contributed by atoms with van der Waals surface area (Å²) in [4.78, 5) is 10.2. The zero-order chi connectivity index (χ0) is 12.6. The summed E-state index contributed by atoms with van der Waals surface area (Å²) in [7, 11) is -3.03. The van der Waals surface area contributed by atoms with Crippen molar-refractivity contribution in [2.45, 2.75) is 24.5 Å². The van der Waals surface area contributed by atoms with E-state index in [9.17, 15) is 18.5 Å². The van der Waals surface area contributed by atoms with Crippen molar-refractivity contribution in [2.24, 2.45) is 0 Å². The molecule has 5 nitrogen and oxygen atoms in total. The Morgan fingerprint density at radius 2 is 2.18 bits per heavy atom. The Bertz CT molecular complexity index is 552. The standard InChI is InChI=1S/C11H13NO4S/c1-2-17(15,16)11-7-10(11)8-4-3-5-9(6-8)12(13)14/h3-6,10-11H,2,7H2,1H3/t10-,11-/m1/s1. The van der Waals surface area contributed by atoms with Crippen molar-refractivity contribution in [3.63, 3.8) is 0 Å². The van der Waals surface area contributed by atoms with Gasteiger partial charge in [-0.15, -0.1) is 0 Å². The first kappa shape index (κ1) is 12.0. The molecule has 1 fully saturated rings. The lowest BCUT2D eigenvalue weighted by Crippen LogP contribution is -2.10. The van der Waals surface area contributed by atoms with Crippen LogP contribution in [0, 0.1) is 10.1 Å². The summed E-state index contributed by atoms with van der Waals surface area (Å²) in [5, 5.41) is 10.3. The highest BCUT2D eigenvalue weighted by Crippen LogP contribution is 2.46. The van der Waals surface area contributed by atoms with Crippen LogP contribution in [-0.2, 0) is 9.84 Å². The molecule has 17 heavy (non-hydrogen) atoms. The van der Waals surface area contributed by atoms with Crippen LogP contribution < -0.4 is 0 Å². The van der Waals surface area contributed by atoms with E-state index in [0.717, 1.165) is 5.56 Å². The maximum absolute atomic E-state index is 11.6. The zero-order valence-electron chi connectivity index (χ0n) is 9.37. The molecular weight excluding hydrogens is 242 g/mol. The van der Waals surface area contributed by atoms with Crippen LogP contribution >= 0.6 is 0 Å². The lowest BCUT2D eigenvalue weighted by molar-refractivity contribution is -0.384. The fourth-order valence-electron chi connectivity index (χ4n) is 2.00. The first-order valence-electron chi connectivity index (χ1n) is 5.41. The number of sulfone groups is 1. The van der Waals surface area contributed by atoms with Gasteiger partial charge in [-0.2, -0.15) is 0 Å². The van der Waals surface area contributed by atoms with E-state index in [1.54, 1.807) is 19.1 Å². The largest absolute Gasteiger partial charge is 0.269 e. The van der Waals surface area contributed by atoms with E-state index in [4.69, 9.17) is 0 Å². The number of nitro groups is 1. The van der Waals surface area contributed by atoms with Gasteiger partial charge in [0.2, 0.25) is 0 Å². The smallest absolute Gasteiger partial charge is 0.258 e. The average molecular weight is 255 g/mol. The SMILES string of the molecule is CCS(=O)(=O)[C@@H]1C[C@@H]1c1cccc([N+](=O)[O-])c1. The summed E-state index contributed by atoms with van der Waals surface area (Å²) in [5.74, 6) is 0.0585. The van der Waals surface area contributed by atoms with E-state index in [0.29, 0.717) is 6.42 Å². The molecule has 0 aromatic heterocycles. The minimum Gasteiger partial charge on any atom is -0.258 e. The number of hydrogen-bond donors (Lipinski definition) is 0. The van der Waals surface area contributed by atoms with Crippen LogP contribution in [0.2, 0.25) is 0 Å². The molecule has 2 atom stereocenters. The summed E-state index contributed by atoms with van der Waals surface area (Å²) in [5.41, 5.74) is 0.767. The second-order valence-electron chi connectivity index (χ2n) is 4.18. The monoisotopic (exact) mass is 255 g/mol. The van der Waals surface area contributed by atoms with Crippen LogP contribution in [0.25, 0.3) is 0 Å². The van der Waals surface area contributed by atoms with Crippen LogP contribution in [0.5, 0.6) is 0 Å². The van der Waals surface area contributed by atoms with Crippen molar-refractivity contribution in [1.29, 1.82) is 0 Å². The van der Waals surface area contributed by atoms with E-state index in [1.165, 1.54) is 12.1 Å². The molecule has 0 aliphatic heterocycles. The molecule has 0 spiro atoms. The summed E-state index contributed by atoms with van der Waals surface area (Å²) >= 11 is 0. The van der Waals surface area contributed by atoms with Gasteiger partial charge in [0.25, 0.3) is 5.69 Å². The molecule has 2 rings (SSSR count). The highest BCUT2D eigenvalue weighted by Gasteiger charge is 2.47. The Labute approximate surface area is 99.5 Å². The number of non-ortho nitro benzene ring substituents is 1. The maximum atomic E-state index is 11.6. The maximum Gasteiger partial charge on any atom is 0.269 e. The van der Waals surface area contributed by atoms with E-state index >= 15 is 0 Å². The normalized spacial score (nSPS) is 23.4. The van der Waals surface area contributed by atoms with Crippen LogP contribution in [-0.4, -0.2) is 24.3 Å². The van der Waals surface area contributed by atoms with Crippen molar-refractivity contribution < 1.29 is 13.3 Å². The topological polar surface area (TPSA) is 77.3 Å². The Hall–Kier alpha value is -1.43. The third-order valence-electron chi connectivity index (χ3n) is 3.10. The molecule has 0 bridgehead atoms. The summed E-state index contributed by atoms with van der Waals surface area (Å²) in [6.07, 6.45) is 0.581.